The number of carbonyl (C=O) groups is 3. The molecule has 2 amide bonds. The number of hydrogen-bond donors (Lipinski definition) is 1. The van der Waals surface area contributed by atoms with Crippen LogP contribution in [0.1, 0.15) is 26.7 Å². The highest BCUT2D eigenvalue weighted by atomic mass is 16.4. The first-order valence-electron chi connectivity index (χ1n) is 4.57. The van der Waals surface area contributed by atoms with Crippen LogP contribution in [0.2, 0.25) is 0 Å². The van der Waals surface area contributed by atoms with E-state index in [0.29, 0.717) is 12.8 Å². The first-order chi connectivity index (χ1) is 6.49. The van der Waals surface area contributed by atoms with Crippen LogP contribution in [-0.2, 0) is 14.4 Å². The number of aliphatic carboxylic acids is 1. The molecule has 1 fully saturated rings. The highest BCUT2D eigenvalue weighted by Crippen LogP contribution is 2.39. The molecule has 0 aromatic rings. The fraction of sp³-hybridized carbons (Fsp3) is 0.667. The molecule has 1 rings (SSSR count). The predicted molar refractivity (Wildman–Crippen MR) is 47.4 cm³/mol. The van der Waals surface area contributed by atoms with Crippen LogP contribution in [0.5, 0.6) is 0 Å². The van der Waals surface area contributed by atoms with Gasteiger partial charge in [-0.3, -0.25) is 19.3 Å². The molecule has 5 heteroatoms. The lowest BCUT2D eigenvalue weighted by molar-refractivity contribution is -0.180. The summed E-state index contributed by atoms with van der Waals surface area (Å²) in [6.45, 7) is 3.01. The molecule has 0 unspecified atom stereocenters. The summed E-state index contributed by atoms with van der Waals surface area (Å²) in [5.41, 5.74) is -0.935. The molecule has 14 heavy (non-hydrogen) atoms. The van der Waals surface area contributed by atoms with Crippen molar-refractivity contribution in [2.45, 2.75) is 26.7 Å². The van der Waals surface area contributed by atoms with Crippen molar-refractivity contribution in [3.05, 3.63) is 0 Å². The highest BCUT2D eigenvalue weighted by Gasteiger charge is 2.58. The van der Waals surface area contributed by atoms with E-state index in [-0.39, 0.29) is 11.8 Å². The summed E-state index contributed by atoms with van der Waals surface area (Å²) in [6, 6.07) is 0. The smallest absolute Gasteiger partial charge is 0.323 e. The maximum Gasteiger partial charge on any atom is 0.323 e. The van der Waals surface area contributed by atoms with Crippen LogP contribution in [0, 0.1) is 5.41 Å². The van der Waals surface area contributed by atoms with Crippen molar-refractivity contribution >= 4 is 17.8 Å². The molecule has 0 radical (unpaired) electrons. The van der Waals surface area contributed by atoms with Gasteiger partial charge < -0.3 is 5.11 Å². The molecule has 0 aromatic heterocycles. The minimum absolute atomic E-state index is 0.352. The van der Waals surface area contributed by atoms with Gasteiger partial charge in [0, 0.05) is 0 Å². The summed E-state index contributed by atoms with van der Waals surface area (Å²) in [5, 5.41) is 8.45. The lowest BCUT2D eigenvalue weighted by Gasteiger charge is -2.44. The Bertz CT molecular complexity index is 275. The second-order valence-electron chi connectivity index (χ2n) is 3.38. The van der Waals surface area contributed by atoms with Crippen LogP contribution in [0.4, 0.5) is 0 Å². The largest absolute Gasteiger partial charge is 0.480 e. The van der Waals surface area contributed by atoms with Gasteiger partial charge in [-0.2, -0.15) is 0 Å². The summed E-state index contributed by atoms with van der Waals surface area (Å²) in [4.78, 5) is 34.2. The molecule has 1 N–H and O–H groups in total. The molecule has 0 atom stereocenters. The molecular formula is C9H13NO4. The third-order valence-corrected chi connectivity index (χ3v) is 2.81. The molecule has 0 spiro atoms. The van der Waals surface area contributed by atoms with Gasteiger partial charge in [0.15, 0.2) is 0 Å². The normalized spacial score (nSPS) is 19.4. The monoisotopic (exact) mass is 199 g/mol. The zero-order valence-electron chi connectivity index (χ0n) is 8.24. The van der Waals surface area contributed by atoms with E-state index in [1.807, 2.05) is 0 Å². The van der Waals surface area contributed by atoms with Gasteiger partial charge in [0.2, 0.25) is 11.8 Å². The number of amides is 2. The predicted octanol–water partition coefficient (Wildman–Crippen LogP) is 0.246. The van der Waals surface area contributed by atoms with Crippen LogP contribution in [0.25, 0.3) is 0 Å². The van der Waals surface area contributed by atoms with E-state index >= 15 is 0 Å². The molecule has 1 aliphatic rings. The second kappa shape index (κ2) is 3.40. The van der Waals surface area contributed by atoms with Crippen molar-refractivity contribution in [3.63, 3.8) is 0 Å². The number of carboxylic acid groups (broad SMARTS) is 1. The number of β-lactam (4-membered cyclic amide) rings is 2. The Morgan fingerprint density at radius 3 is 2.00 bits per heavy atom. The van der Waals surface area contributed by atoms with Gasteiger partial charge in [0.05, 0.1) is 0 Å². The maximum absolute atomic E-state index is 11.5. The standard InChI is InChI=1S/C9H13NO4/c1-3-9(4-2)7(13)10(8(9)14)5-6(11)12/h3-5H2,1-2H3,(H,11,12). The highest BCUT2D eigenvalue weighted by molar-refractivity contribution is 6.22. The van der Waals surface area contributed by atoms with Crippen LogP contribution < -0.4 is 0 Å². The Hall–Kier alpha value is -1.39. The Labute approximate surface area is 81.7 Å². The number of hydrogen-bond acceptors (Lipinski definition) is 3. The summed E-state index contributed by atoms with van der Waals surface area (Å²) < 4.78 is 0. The van der Waals surface area contributed by atoms with Crippen molar-refractivity contribution in [3.8, 4) is 0 Å². The molecule has 1 aliphatic heterocycles. The second-order valence-corrected chi connectivity index (χ2v) is 3.38. The van der Waals surface area contributed by atoms with Gasteiger partial charge in [0.1, 0.15) is 12.0 Å². The number of rotatable bonds is 4. The van der Waals surface area contributed by atoms with Gasteiger partial charge in [-0.15, -0.1) is 0 Å². The topological polar surface area (TPSA) is 74.7 Å². The summed E-state index contributed by atoms with van der Waals surface area (Å²) in [5.74, 6) is -1.86. The zero-order chi connectivity index (χ0) is 10.9. The molecule has 78 valence electrons. The molecule has 0 saturated carbocycles. The molecule has 0 aromatic carbocycles. The fourth-order valence-electron chi connectivity index (χ4n) is 1.78. The van der Waals surface area contributed by atoms with Crippen LogP contribution >= 0.6 is 0 Å². The van der Waals surface area contributed by atoms with Crippen molar-refractivity contribution in [1.29, 1.82) is 0 Å². The fourth-order valence-corrected chi connectivity index (χ4v) is 1.78. The zero-order valence-corrected chi connectivity index (χ0v) is 8.24. The van der Waals surface area contributed by atoms with E-state index < -0.39 is 17.9 Å². The van der Waals surface area contributed by atoms with Crippen molar-refractivity contribution in [2.24, 2.45) is 5.41 Å². The van der Waals surface area contributed by atoms with Crippen LogP contribution in [0.15, 0.2) is 0 Å². The van der Waals surface area contributed by atoms with E-state index in [1.165, 1.54) is 0 Å². The minimum Gasteiger partial charge on any atom is -0.480 e. The van der Waals surface area contributed by atoms with E-state index in [4.69, 9.17) is 5.11 Å². The first-order valence-corrected chi connectivity index (χ1v) is 4.57. The SMILES string of the molecule is CCC1(CC)C(=O)N(CC(=O)O)C1=O. The van der Waals surface area contributed by atoms with E-state index in [2.05, 4.69) is 0 Å². The molecular weight excluding hydrogens is 186 g/mol. The summed E-state index contributed by atoms with van der Waals surface area (Å²) in [6.07, 6.45) is 0.884. The Balaban J connectivity index is 2.79. The third kappa shape index (κ3) is 1.20. The minimum atomic E-state index is -1.16. The molecule has 5 nitrogen and oxygen atoms in total. The summed E-state index contributed by atoms with van der Waals surface area (Å²) in [7, 11) is 0. The van der Waals surface area contributed by atoms with Gasteiger partial charge in [-0.05, 0) is 12.8 Å². The van der Waals surface area contributed by atoms with Gasteiger partial charge >= 0.3 is 5.97 Å². The lowest BCUT2D eigenvalue weighted by Crippen LogP contribution is -2.66. The van der Waals surface area contributed by atoms with Gasteiger partial charge in [-0.25, -0.2) is 0 Å². The van der Waals surface area contributed by atoms with E-state index in [0.717, 1.165) is 4.90 Å². The summed E-state index contributed by atoms with van der Waals surface area (Å²) >= 11 is 0. The molecule has 1 saturated heterocycles. The van der Waals surface area contributed by atoms with Crippen LogP contribution in [0.3, 0.4) is 0 Å². The number of imide groups is 1. The number of nitrogens with zero attached hydrogens (tertiary/aromatic N) is 1. The van der Waals surface area contributed by atoms with Crippen molar-refractivity contribution in [1.82, 2.24) is 4.90 Å². The van der Waals surface area contributed by atoms with E-state index in [9.17, 15) is 14.4 Å². The maximum atomic E-state index is 11.5. The Morgan fingerprint density at radius 1 is 1.29 bits per heavy atom. The first kappa shape index (κ1) is 10.7. The Morgan fingerprint density at radius 2 is 1.71 bits per heavy atom. The van der Waals surface area contributed by atoms with Crippen molar-refractivity contribution < 1.29 is 19.5 Å². The average Bonchev–Trinajstić information content (AvgIpc) is 2.16. The number of carbonyl (C=O) groups excluding carboxylic acids is 2. The average molecular weight is 199 g/mol. The van der Waals surface area contributed by atoms with Crippen molar-refractivity contribution in [2.75, 3.05) is 6.54 Å². The van der Waals surface area contributed by atoms with Crippen LogP contribution in [-0.4, -0.2) is 34.3 Å². The lowest BCUT2D eigenvalue weighted by atomic mass is 9.73. The van der Waals surface area contributed by atoms with Gasteiger partial charge in [0.25, 0.3) is 0 Å². The van der Waals surface area contributed by atoms with Gasteiger partial charge in [-0.1, -0.05) is 13.8 Å². The molecule has 0 aliphatic carbocycles. The van der Waals surface area contributed by atoms with E-state index in [1.54, 1.807) is 13.8 Å². The molecule has 0 bridgehead atoms. The Kier molecular flexibility index (Phi) is 2.59. The quantitative estimate of drug-likeness (QED) is 0.520. The third-order valence-electron chi connectivity index (χ3n) is 2.81. The molecule has 1 heterocycles. The number of likely N-dealkylation sites (tertiary alicyclic amines) is 1. The number of carboxylic acids is 1.